The van der Waals surface area contributed by atoms with Crippen LogP contribution in [0.5, 0.6) is 11.5 Å². The monoisotopic (exact) mass is 290 g/mol. The van der Waals surface area contributed by atoms with Crippen LogP contribution in [-0.2, 0) is 0 Å². The molecule has 0 aromatic heterocycles. The van der Waals surface area contributed by atoms with Crippen LogP contribution < -0.4 is 20.7 Å². The van der Waals surface area contributed by atoms with Gasteiger partial charge in [0.2, 0.25) is 0 Å². The van der Waals surface area contributed by atoms with E-state index < -0.39 is 6.04 Å². The quantitative estimate of drug-likeness (QED) is 0.656. The molecule has 112 valence electrons. The summed E-state index contributed by atoms with van der Waals surface area (Å²) in [5.41, 5.74) is 4.47. The number of nitrogens with two attached hydrogens (primary N) is 1. The van der Waals surface area contributed by atoms with Crippen molar-refractivity contribution in [2.24, 2.45) is 5.84 Å². The third-order valence-electron chi connectivity index (χ3n) is 3.41. The lowest BCUT2D eigenvalue weighted by molar-refractivity contribution is 0.392. The Labute approximate surface area is 123 Å². The lowest BCUT2D eigenvalue weighted by Crippen LogP contribution is -2.29. The molecule has 0 radical (unpaired) electrons. The number of rotatable bonds is 5. The van der Waals surface area contributed by atoms with Gasteiger partial charge in [-0.1, -0.05) is 18.2 Å². The van der Waals surface area contributed by atoms with Gasteiger partial charge in [-0.15, -0.1) is 0 Å². The Morgan fingerprint density at radius 2 is 1.71 bits per heavy atom. The molecule has 0 aliphatic heterocycles. The molecular formula is C16H19FN2O2. The van der Waals surface area contributed by atoms with Crippen molar-refractivity contribution >= 4 is 0 Å². The zero-order chi connectivity index (χ0) is 15.4. The van der Waals surface area contributed by atoms with Gasteiger partial charge in [0.25, 0.3) is 0 Å². The fourth-order valence-electron chi connectivity index (χ4n) is 2.25. The number of methoxy groups -OCH3 is 2. The molecule has 2 aromatic carbocycles. The second kappa shape index (κ2) is 6.56. The predicted molar refractivity (Wildman–Crippen MR) is 79.8 cm³/mol. The number of halogens is 1. The number of hydrazine groups is 1. The summed E-state index contributed by atoms with van der Waals surface area (Å²) in [6.07, 6.45) is 0. The van der Waals surface area contributed by atoms with Crippen LogP contribution in [0.2, 0.25) is 0 Å². The molecule has 0 saturated heterocycles. The van der Waals surface area contributed by atoms with Crippen molar-refractivity contribution in [3.05, 3.63) is 58.9 Å². The van der Waals surface area contributed by atoms with Gasteiger partial charge in [0.15, 0.2) is 0 Å². The highest BCUT2D eigenvalue weighted by Crippen LogP contribution is 2.31. The molecular weight excluding hydrogens is 271 g/mol. The van der Waals surface area contributed by atoms with E-state index in [0.29, 0.717) is 22.6 Å². The molecule has 4 nitrogen and oxygen atoms in total. The minimum absolute atomic E-state index is 0.276. The first-order valence-corrected chi connectivity index (χ1v) is 6.54. The molecule has 0 aliphatic carbocycles. The SMILES string of the molecule is COc1cc(OC)cc(C(NN)c2cccc(C)c2F)c1. The average molecular weight is 290 g/mol. The largest absolute Gasteiger partial charge is 0.497 e. The van der Waals surface area contributed by atoms with E-state index in [4.69, 9.17) is 15.3 Å². The van der Waals surface area contributed by atoms with Crippen LogP contribution in [0.1, 0.15) is 22.7 Å². The second-order valence-electron chi connectivity index (χ2n) is 4.72. The number of hydrogen-bond donors (Lipinski definition) is 2. The highest BCUT2D eigenvalue weighted by molar-refractivity contribution is 5.44. The molecule has 2 rings (SSSR count). The lowest BCUT2D eigenvalue weighted by atomic mass is 9.96. The summed E-state index contributed by atoms with van der Waals surface area (Å²) in [6.45, 7) is 1.72. The summed E-state index contributed by atoms with van der Waals surface area (Å²) in [6, 6.07) is 10.1. The van der Waals surface area contributed by atoms with E-state index in [0.717, 1.165) is 5.56 Å². The first kappa shape index (κ1) is 15.3. The van der Waals surface area contributed by atoms with E-state index >= 15 is 0 Å². The Morgan fingerprint density at radius 1 is 1.10 bits per heavy atom. The van der Waals surface area contributed by atoms with Gasteiger partial charge < -0.3 is 9.47 Å². The molecule has 5 heteroatoms. The highest BCUT2D eigenvalue weighted by Gasteiger charge is 2.19. The number of nitrogens with one attached hydrogen (secondary N) is 1. The van der Waals surface area contributed by atoms with Crippen molar-refractivity contribution in [2.75, 3.05) is 14.2 Å². The maximum Gasteiger partial charge on any atom is 0.131 e. The minimum Gasteiger partial charge on any atom is -0.497 e. The van der Waals surface area contributed by atoms with Crippen molar-refractivity contribution in [3.63, 3.8) is 0 Å². The lowest BCUT2D eigenvalue weighted by Gasteiger charge is -2.20. The molecule has 1 unspecified atom stereocenters. The van der Waals surface area contributed by atoms with E-state index in [1.54, 1.807) is 57.5 Å². The molecule has 21 heavy (non-hydrogen) atoms. The fraction of sp³-hybridized carbons (Fsp3) is 0.250. The summed E-state index contributed by atoms with van der Waals surface area (Å²) in [5.74, 6) is 6.61. The van der Waals surface area contributed by atoms with Gasteiger partial charge in [-0.05, 0) is 30.2 Å². The van der Waals surface area contributed by atoms with Crippen LogP contribution in [0.4, 0.5) is 4.39 Å². The van der Waals surface area contributed by atoms with Crippen molar-refractivity contribution in [2.45, 2.75) is 13.0 Å². The van der Waals surface area contributed by atoms with E-state index in [1.165, 1.54) is 0 Å². The predicted octanol–water partition coefficient (Wildman–Crippen LogP) is 2.70. The van der Waals surface area contributed by atoms with Crippen molar-refractivity contribution < 1.29 is 13.9 Å². The second-order valence-corrected chi connectivity index (χ2v) is 4.72. The van der Waals surface area contributed by atoms with Crippen LogP contribution in [0.15, 0.2) is 36.4 Å². The first-order valence-electron chi connectivity index (χ1n) is 6.54. The number of aryl methyl sites for hydroxylation is 1. The molecule has 0 saturated carbocycles. The highest BCUT2D eigenvalue weighted by atomic mass is 19.1. The normalized spacial score (nSPS) is 12.0. The van der Waals surface area contributed by atoms with Crippen LogP contribution >= 0.6 is 0 Å². The molecule has 0 aliphatic rings. The van der Waals surface area contributed by atoms with Gasteiger partial charge in [0.1, 0.15) is 17.3 Å². The maximum absolute atomic E-state index is 14.3. The standard InChI is InChI=1S/C16H19FN2O2/c1-10-5-4-6-14(15(10)17)16(19-18)11-7-12(20-2)9-13(8-11)21-3/h4-9,16,19H,18H2,1-3H3. The Balaban J connectivity index is 2.53. The summed E-state index contributed by atoms with van der Waals surface area (Å²) in [4.78, 5) is 0. The molecule has 0 spiro atoms. The van der Waals surface area contributed by atoms with E-state index in [1.807, 2.05) is 0 Å². The van der Waals surface area contributed by atoms with Gasteiger partial charge in [0, 0.05) is 11.6 Å². The van der Waals surface area contributed by atoms with Gasteiger partial charge in [-0.3, -0.25) is 5.84 Å². The molecule has 0 fully saturated rings. The molecule has 0 amide bonds. The first-order chi connectivity index (χ1) is 10.1. The summed E-state index contributed by atoms with van der Waals surface area (Å²) < 4.78 is 24.8. The maximum atomic E-state index is 14.3. The number of ether oxygens (including phenoxy) is 2. The Morgan fingerprint density at radius 3 is 2.24 bits per heavy atom. The van der Waals surface area contributed by atoms with Crippen molar-refractivity contribution in [3.8, 4) is 11.5 Å². The van der Waals surface area contributed by atoms with Crippen molar-refractivity contribution in [1.82, 2.24) is 5.43 Å². The zero-order valence-electron chi connectivity index (χ0n) is 12.3. The summed E-state index contributed by atoms with van der Waals surface area (Å²) in [5, 5.41) is 0. The van der Waals surface area contributed by atoms with Crippen LogP contribution in [-0.4, -0.2) is 14.2 Å². The number of hydrogen-bond acceptors (Lipinski definition) is 4. The van der Waals surface area contributed by atoms with Crippen molar-refractivity contribution in [1.29, 1.82) is 0 Å². The van der Waals surface area contributed by atoms with Gasteiger partial charge in [-0.2, -0.15) is 0 Å². The van der Waals surface area contributed by atoms with Crippen LogP contribution in [0.25, 0.3) is 0 Å². The smallest absolute Gasteiger partial charge is 0.131 e. The Hall–Kier alpha value is -2.11. The summed E-state index contributed by atoms with van der Waals surface area (Å²) >= 11 is 0. The van der Waals surface area contributed by atoms with Gasteiger partial charge in [0.05, 0.1) is 20.3 Å². The number of benzene rings is 2. The summed E-state index contributed by atoms with van der Waals surface area (Å²) in [7, 11) is 3.13. The Kier molecular flexibility index (Phi) is 4.77. The fourth-order valence-corrected chi connectivity index (χ4v) is 2.25. The van der Waals surface area contributed by atoms with Gasteiger partial charge in [-0.25, -0.2) is 9.82 Å². The Bertz CT molecular complexity index is 609. The molecule has 3 N–H and O–H groups in total. The van der Waals surface area contributed by atoms with Gasteiger partial charge >= 0.3 is 0 Å². The van der Waals surface area contributed by atoms with E-state index in [-0.39, 0.29) is 5.82 Å². The molecule has 0 bridgehead atoms. The molecule has 2 aromatic rings. The van der Waals surface area contributed by atoms with E-state index in [9.17, 15) is 4.39 Å². The van der Waals surface area contributed by atoms with Crippen LogP contribution in [0.3, 0.4) is 0 Å². The van der Waals surface area contributed by atoms with Crippen LogP contribution in [0, 0.1) is 12.7 Å². The molecule has 0 heterocycles. The third-order valence-corrected chi connectivity index (χ3v) is 3.41. The topological polar surface area (TPSA) is 56.5 Å². The average Bonchev–Trinajstić information content (AvgIpc) is 2.51. The third kappa shape index (κ3) is 3.15. The minimum atomic E-state index is -0.492. The van der Waals surface area contributed by atoms with E-state index in [2.05, 4.69) is 5.43 Å². The zero-order valence-corrected chi connectivity index (χ0v) is 12.3. The molecule has 1 atom stereocenters.